The van der Waals surface area contributed by atoms with E-state index in [4.69, 9.17) is 14.2 Å². The molecule has 3 aromatic rings. The van der Waals surface area contributed by atoms with E-state index in [1.807, 2.05) is 12.1 Å². The molecule has 0 atom stereocenters. The summed E-state index contributed by atoms with van der Waals surface area (Å²) in [5.74, 6) is -1.25. The summed E-state index contributed by atoms with van der Waals surface area (Å²) in [6.07, 6.45) is 1.28. The van der Waals surface area contributed by atoms with Crippen LogP contribution in [0.2, 0.25) is 0 Å². The molecule has 2 aromatic carbocycles. The van der Waals surface area contributed by atoms with Gasteiger partial charge in [0.15, 0.2) is 12.4 Å². The topological polar surface area (TPSA) is 120 Å². The highest BCUT2D eigenvalue weighted by atomic mass is 19.1. The predicted octanol–water partition coefficient (Wildman–Crippen LogP) is 2.44. The molecule has 1 aromatic heterocycles. The number of benzene rings is 2. The molecule has 1 heterocycles. The van der Waals surface area contributed by atoms with Crippen molar-refractivity contribution >= 4 is 11.7 Å². The summed E-state index contributed by atoms with van der Waals surface area (Å²) in [5, 5.41) is 12.0. The molecule has 0 fully saturated rings. The first-order valence-corrected chi connectivity index (χ1v) is 10.9. The second-order valence-electron chi connectivity index (χ2n) is 7.59. The van der Waals surface area contributed by atoms with Crippen molar-refractivity contribution in [1.29, 1.82) is 5.26 Å². The molecule has 0 saturated carbocycles. The summed E-state index contributed by atoms with van der Waals surface area (Å²) in [6.45, 7) is 0.0595. The number of methoxy groups -OCH3 is 2. The molecule has 186 valence electrons. The maximum absolute atomic E-state index is 14.0. The molecule has 0 bridgehead atoms. The Morgan fingerprint density at radius 3 is 2.61 bits per heavy atom. The second-order valence-corrected chi connectivity index (χ2v) is 7.59. The number of pyridine rings is 1. The lowest BCUT2D eigenvalue weighted by atomic mass is 10.0. The van der Waals surface area contributed by atoms with Crippen molar-refractivity contribution in [2.45, 2.75) is 13.1 Å². The van der Waals surface area contributed by atoms with Gasteiger partial charge in [0.25, 0.3) is 11.5 Å². The molecular formula is C26H24FN3O6. The van der Waals surface area contributed by atoms with Crippen molar-refractivity contribution < 1.29 is 28.2 Å². The fourth-order valence-corrected chi connectivity index (χ4v) is 3.39. The van der Waals surface area contributed by atoms with E-state index in [0.29, 0.717) is 5.75 Å². The van der Waals surface area contributed by atoms with Gasteiger partial charge in [-0.1, -0.05) is 18.2 Å². The van der Waals surface area contributed by atoms with Gasteiger partial charge in [-0.05, 0) is 30.3 Å². The Labute approximate surface area is 206 Å². The summed E-state index contributed by atoms with van der Waals surface area (Å²) in [5.41, 5.74) is -0.227. The first kappa shape index (κ1) is 26.1. The number of carbonyl (C=O) groups excluding carboxylic acids is 2. The van der Waals surface area contributed by atoms with Crippen LogP contribution in [-0.2, 0) is 22.6 Å². The van der Waals surface area contributed by atoms with E-state index < -0.39 is 29.7 Å². The molecule has 0 spiro atoms. The van der Waals surface area contributed by atoms with Crippen LogP contribution in [0.1, 0.15) is 27.0 Å². The van der Waals surface area contributed by atoms with Gasteiger partial charge in [-0.3, -0.25) is 14.4 Å². The third kappa shape index (κ3) is 6.34. The normalized spacial score (nSPS) is 10.4. The zero-order valence-corrected chi connectivity index (χ0v) is 19.7. The fourth-order valence-electron chi connectivity index (χ4n) is 3.39. The van der Waals surface area contributed by atoms with E-state index in [-0.39, 0.29) is 42.1 Å². The molecule has 3 rings (SSSR count). The summed E-state index contributed by atoms with van der Waals surface area (Å²) in [4.78, 5) is 37.9. The lowest BCUT2D eigenvalue weighted by molar-refractivity contribution is -0.123. The Balaban J connectivity index is 1.79. The summed E-state index contributed by atoms with van der Waals surface area (Å²) < 4.78 is 31.0. The highest BCUT2D eigenvalue weighted by Crippen LogP contribution is 2.23. The van der Waals surface area contributed by atoms with E-state index in [2.05, 4.69) is 5.32 Å². The van der Waals surface area contributed by atoms with Crippen LogP contribution >= 0.6 is 0 Å². The quantitative estimate of drug-likeness (QED) is 0.408. The molecule has 36 heavy (non-hydrogen) atoms. The molecule has 1 amide bonds. The number of hydrogen-bond donors (Lipinski definition) is 1. The predicted molar refractivity (Wildman–Crippen MR) is 127 cm³/mol. The van der Waals surface area contributed by atoms with Crippen molar-refractivity contribution in [3.05, 3.63) is 93.2 Å². The van der Waals surface area contributed by atoms with Crippen LogP contribution in [0, 0.1) is 17.1 Å². The Hall–Kier alpha value is -4.49. The number of aromatic nitrogens is 1. The Morgan fingerprint density at radius 1 is 1.11 bits per heavy atom. The molecule has 0 radical (unpaired) electrons. The van der Waals surface area contributed by atoms with Gasteiger partial charge in [-0.2, -0.15) is 5.26 Å². The van der Waals surface area contributed by atoms with Gasteiger partial charge in [0, 0.05) is 37.5 Å². The van der Waals surface area contributed by atoms with Gasteiger partial charge in [-0.25, -0.2) is 4.39 Å². The molecule has 9 nitrogen and oxygen atoms in total. The number of halogens is 1. The lowest BCUT2D eigenvalue weighted by Crippen LogP contribution is -2.29. The number of hydrogen-bond acceptors (Lipinski definition) is 7. The number of nitrogens with zero attached hydrogens (tertiary/aromatic N) is 2. The monoisotopic (exact) mass is 493 g/mol. The van der Waals surface area contributed by atoms with Crippen molar-refractivity contribution in [3.8, 4) is 17.6 Å². The Morgan fingerprint density at radius 2 is 1.89 bits per heavy atom. The highest BCUT2D eigenvalue weighted by molar-refractivity contribution is 6.10. The molecule has 0 aliphatic carbocycles. The number of nitrogens with one attached hydrogen (secondary N) is 1. The minimum atomic E-state index is -0.695. The van der Waals surface area contributed by atoms with E-state index in [1.54, 1.807) is 18.2 Å². The van der Waals surface area contributed by atoms with Gasteiger partial charge in [0.05, 0.1) is 19.3 Å². The van der Waals surface area contributed by atoms with Crippen molar-refractivity contribution in [3.63, 3.8) is 0 Å². The third-order valence-electron chi connectivity index (χ3n) is 5.22. The van der Waals surface area contributed by atoms with E-state index in [0.717, 1.165) is 23.8 Å². The van der Waals surface area contributed by atoms with Crippen molar-refractivity contribution in [2.75, 3.05) is 27.4 Å². The van der Waals surface area contributed by atoms with Gasteiger partial charge < -0.3 is 24.1 Å². The lowest BCUT2D eigenvalue weighted by Gasteiger charge is -2.13. The van der Waals surface area contributed by atoms with Crippen LogP contribution in [0.15, 0.2) is 59.5 Å². The van der Waals surface area contributed by atoms with E-state index >= 15 is 0 Å². The number of nitriles is 1. The second kappa shape index (κ2) is 12.3. The van der Waals surface area contributed by atoms with Crippen molar-refractivity contribution in [2.24, 2.45) is 0 Å². The van der Waals surface area contributed by atoms with Crippen LogP contribution < -0.4 is 20.3 Å². The van der Waals surface area contributed by atoms with Crippen LogP contribution in [0.4, 0.5) is 4.39 Å². The standard InChI is InChI=1S/C26H24FN3O6/c1-34-10-9-30-15-19(11-18(13-28)26(30)33)25(32)21-12-20(27)7-8-23(21)36-16-24(31)29-14-17-5-3-4-6-22(17)35-2/h3-8,11-12,15H,9-10,14,16H2,1-2H3,(H,29,31). The maximum Gasteiger partial charge on any atom is 0.268 e. The highest BCUT2D eigenvalue weighted by Gasteiger charge is 2.20. The van der Waals surface area contributed by atoms with Crippen LogP contribution in [0.25, 0.3) is 0 Å². The molecule has 0 aliphatic heterocycles. The first-order chi connectivity index (χ1) is 17.4. The van der Waals surface area contributed by atoms with Gasteiger partial charge in [-0.15, -0.1) is 0 Å². The molecule has 10 heteroatoms. The summed E-state index contributed by atoms with van der Waals surface area (Å²) in [6, 6.07) is 13.4. The number of amides is 1. The zero-order valence-electron chi connectivity index (χ0n) is 19.7. The van der Waals surface area contributed by atoms with Crippen LogP contribution in [0.3, 0.4) is 0 Å². The van der Waals surface area contributed by atoms with Crippen molar-refractivity contribution in [1.82, 2.24) is 9.88 Å². The minimum absolute atomic E-state index is 0.0154. The Kier molecular flexibility index (Phi) is 8.91. The number of para-hydroxylation sites is 1. The smallest absolute Gasteiger partial charge is 0.268 e. The fraction of sp³-hybridized carbons (Fsp3) is 0.231. The SMILES string of the molecule is COCCn1cc(C(=O)c2cc(F)ccc2OCC(=O)NCc2ccccc2OC)cc(C#N)c1=O. The molecule has 0 unspecified atom stereocenters. The average molecular weight is 493 g/mol. The summed E-state index contributed by atoms with van der Waals surface area (Å²) in [7, 11) is 2.98. The average Bonchev–Trinajstić information content (AvgIpc) is 2.90. The first-order valence-electron chi connectivity index (χ1n) is 10.9. The van der Waals surface area contributed by atoms with Crippen LogP contribution in [0.5, 0.6) is 11.5 Å². The molecular weight excluding hydrogens is 469 g/mol. The van der Waals surface area contributed by atoms with E-state index in [9.17, 15) is 24.0 Å². The zero-order chi connectivity index (χ0) is 26.1. The number of carbonyl (C=O) groups is 2. The maximum atomic E-state index is 14.0. The third-order valence-corrected chi connectivity index (χ3v) is 5.22. The van der Waals surface area contributed by atoms with Gasteiger partial charge in [0.1, 0.15) is 28.9 Å². The van der Waals surface area contributed by atoms with Gasteiger partial charge >= 0.3 is 0 Å². The largest absolute Gasteiger partial charge is 0.496 e. The number of rotatable bonds is 11. The van der Waals surface area contributed by atoms with Crippen LogP contribution in [-0.4, -0.2) is 43.7 Å². The number of ether oxygens (including phenoxy) is 3. The molecule has 0 aliphatic rings. The van der Waals surface area contributed by atoms with Gasteiger partial charge in [0.2, 0.25) is 0 Å². The molecule has 1 N–H and O–H groups in total. The summed E-state index contributed by atoms with van der Waals surface area (Å²) >= 11 is 0. The van der Waals surface area contributed by atoms with E-state index in [1.165, 1.54) is 31.0 Å². The Bertz CT molecular complexity index is 1360. The minimum Gasteiger partial charge on any atom is -0.496 e. The number of ketones is 1. The molecule has 0 saturated heterocycles.